The zero-order valence-corrected chi connectivity index (χ0v) is 7.24. The summed E-state index contributed by atoms with van der Waals surface area (Å²) >= 11 is 0. The Morgan fingerprint density at radius 1 is 1.14 bits per heavy atom. The molecule has 2 N–H and O–H groups in total. The van der Waals surface area contributed by atoms with Gasteiger partial charge in [0, 0.05) is 12.1 Å². The molecule has 0 aliphatic rings. The Hall–Kier alpha value is -1.10. The zero-order chi connectivity index (χ0) is 10.7. The molecule has 0 heterocycles. The number of halogens is 4. The second-order valence-electron chi connectivity index (χ2n) is 2.83. The van der Waals surface area contributed by atoms with E-state index in [9.17, 15) is 17.6 Å². The van der Waals surface area contributed by atoms with E-state index in [1.807, 2.05) is 0 Å². The van der Waals surface area contributed by atoms with Crippen LogP contribution in [0, 0.1) is 17.5 Å². The van der Waals surface area contributed by atoms with Crippen molar-refractivity contribution >= 4 is 0 Å². The van der Waals surface area contributed by atoms with Crippen molar-refractivity contribution in [3.05, 3.63) is 35.1 Å². The zero-order valence-electron chi connectivity index (χ0n) is 7.24. The van der Waals surface area contributed by atoms with Crippen LogP contribution in [0.4, 0.5) is 17.6 Å². The average Bonchev–Trinajstić information content (AvgIpc) is 2.01. The molecule has 78 valence electrons. The fourth-order valence-corrected chi connectivity index (χ4v) is 1.14. The first-order chi connectivity index (χ1) is 6.56. The van der Waals surface area contributed by atoms with Gasteiger partial charge in [-0.05, 0) is 13.0 Å². The van der Waals surface area contributed by atoms with E-state index in [1.54, 1.807) is 0 Å². The van der Waals surface area contributed by atoms with E-state index in [-0.39, 0.29) is 13.0 Å². The molecule has 1 atom stereocenters. The molecule has 0 aliphatic carbocycles. The molecule has 0 bridgehead atoms. The van der Waals surface area contributed by atoms with Crippen LogP contribution in [0.2, 0.25) is 0 Å². The van der Waals surface area contributed by atoms with Crippen molar-refractivity contribution in [3.63, 3.8) is 0 Å². The monoisotopic (exact) mass is 207 g/mol. The Labute approximate surface area is 78.5 Å². The summed E-state index contributed by atoms with van der Waals surface area (Å²) in [5.41, 5.74) is 4.28. The fraction of sp³-hybridized carbons (Fsp3) is 0.333. The SMILES string of the molecule is NCCC(F)c1c(F)cc(F)cc1F. The highest BCUT2D eigenvalue weighted by molar-refractivity contribution is 5.23. The molecule has 5 heteroatoms. The topological polar surface area (TPSA) is 26.0 Å². The molecule has 1 unspecified atom stereocenters. The van der Waals surface area contributed by atoms with Gasteiger partial charge >= 0.3 is 0 Å². The van der Waals surface area contributed by atoms with E-state index in [0.717, 1.165) is 0 Å². The number of hydrogen-bond donors (Lipinski definition) is 1. The van der Waals surface area contributed by atoms with Crippen molar-refractivity contribution in [2.45, 2.75) is 12.6 Å². The third kappa shape index (κ3) is 2.23. The molecule has 0 spiro atoms. The van der Waals surface area contributed by atoms with Crippen LogP contribution in [0.1, 0.15) is 18.2 Å². The Morgan fingerprint density at radius 2 is 1.64 bits per heavy atom. The van der Waals surface area contributed by atoms with Crippen LogP contribution in [-0.2, 0) is 0 Å². The summed E-state index contributed by atoms with van der Waals surface area (Å²) < 4.78 is 51.4. The fourth-order valence-electron chi connectivity index (χ4n) is 1.14. The van der Waals surface area contributed by atoms with Crippen molar-refractivity contribution in [1.82, 2.24) is 0 Å². The van der Waals surface area contributed by atoms with E-state index in [2.05, 4.69) is 0 Å². The van der Waals surface area contributed by atoms with Gasteiger partial charge in [-0.25, -0.2) is 17.6 Å². The molecule has 1 nitrogen and oxygen atoms in total. The highest BCUT2D eigenvalue weighted by Gasteiger charge is 2.20. The standard InChI is InChI=1S/C9H9F4N/c10-5-3-7(12)9(8(13)4-5)6(11)1-2-14/h3-4,6H,1-2,14H2. The van der Waals surface area contributed by atoms with E-state index >= 15 is 0 Å². The average molecular weight is 207 g/mol. The maximum absolute atomic E-state index is 13.1. The summed E-state index contributed by atoms with van der Waals surface area (Å²) in [7, 11) is 0. The Bertz CT molecular complexity index is 304. The minimum Gasteiger partial charge on any atom is -0.330 e. The second-order valence-corrected chi connectivity index (χ2v) is 2.83. The molecular weight excluding hydrogens is 198 g/mol. The van der Waals surface area contributed by atoms with E-state index < -0.39 is 29.2 Å². The number of hydrogen-bond acceptors (Lipinski definition) is 1. The van der Waals surface area contributed by atoms with Gasteiger partial charge in [-0.1, -0.05) is 0 Å². The molecular formula is C9H9F4N. The molecule has 0 aliphatic heterocycles. The normalized spacial score (nSPS) is 12.9. The summed E-state index contributed by atoms with van der Waals surface area (Å²) in [5.74, 6) is -3.50. The molecule has 0 aromatic heterocycles. The van der Waals surface area contributed by atoms with Gasteiger partial charge in [-0.3, -0.25) is 0 Å². The van der Waals surface area contributed by atoms with Gasteiger partial charge in [-0.2, -0.15) is 0 Å². The minimum atomic E-state index is -1.83. The second kappa shape index (κ2) is 4.41. The summed E-state index contributed by atoms with van der Waals surface area (Å²) in [6, 6.07) is 0.892. The lowest BCUT2D eigenvalue weighted by Crippen LogP contribution is -2.07. The summed E-state index contributed by atoms with van der Waals surface area (Å²) in [6.45, 7) is -0.0303. The van der Waals surface area contributed by atoms with Crippen LogP contribution in [0.25, 0.3) is 0 Å². The molecule has 0 fully saturated rings. The molecule has 0 radical (unpaired) electrons. The molecule has 0 amide bonds. The molecule has 1 aromatic rings. The molecule has 0 saturated carbocycles. The first-order valence-electron chi connectivity index (χ1n) is 4.05. The largest absolute Gasteiger partial charge is 0.330 e. The van der Waals surface area contributed by atoms with Gasteiger partial charge in [0.1, 0.15) is 23.6 Å². The van der Waals surface area contributed by atoms with E-state index in [0.29, 0.717) is 12.1 Å². The summed E-state index contributed by atoms with van der Waals surface area (Å²) in [6.07, 6.45) is -2.03. The van der Waals surface area contributed by atoms with Gasteiger partial charge in [0.15, 0.2) is 0 Å². The Morgan fingerprint density at radius 3 is 2.07 bits per heavy atom. The number of rotatable bonds is 3. The lowest BCUT2D eigenvalue weighted by atomic mass is 10.1. The van der Waals surface area contributed by atoms with Crippen LogP contribution < -0.4 is 5.73 Å². The number of benzene rings is 1. The first-order valence-corrected chi connectivity index (χ1v) is 4.05. The van der Waals surface area contributed by atoms with Crippen molar-refractivity contribution in [3.8, 4) is 0 Å². The van der Waals surface area contributed by atoms with Crippen LogP contribution in [0.15, 0.2) is 12.1 Å². The first kappa shape index (κ1) is 11.0. The van der Waals surface area contributed by atoms with Gasteiger partial charge in [0.25, 0.3) is 0 Å². The van der Waals surface area contributed by atoms with Crippen LogP contribution >= 0.6 is 0 Å². The molecule has 1 aromatic carbocycles. The highest BCUT2D eigenvalue weighted by atomic mass is 19.2. The Balaban J connectivity index is 3.07. The number of alkyl halides is 1. The number of nitrogens with two attached hydrogens (primary N) is 1. The van der Waals surface area contributed by atoms with Gasteiger partial charge in [-0.15, -0.1) is 0 Å². The molecule has 0 saturated heterocycles. The maximum Gasteiger partial charge on any atom is 0.135 e. The lowest BCUT2D eigenvalue weighted by Gasteiger charge is -2.09. The van der Waals surface area contributed by atoms with Crippen molar-refractivity contribution in [2.75, 3.05) is 6.54 Å². The Kier molecular flexibility index (Phi) is 3.46. The van der Waals surface area contributed by atoms with Crippen LogP contribution in [0.3, 0.4) is 0 Å². The van der Waals surface area contributed by atoms with Crippen LogP contribution in [-0.4, -0.2) is 6.54 Å². The molecule has 14 heavy (non-hydrogen) atoms. The van der Waals surface area contributed by atoms with Gasteiger partial charge in [0.05, 0.1) is 5.56 Å². The smallest absolute Gasteiger partial charge is 0.135 e. The summed E-state index contributed by atoms with van der Waals surface area (Å²) in [5, 5.41) is 0. The predicted octanol–water partition coefficient (Wildman–Crippen LogP) is 2.46. The van der Waals surface area contributed by atoms with Gasteiger partial charge < -0.3 is 5.73 Å². The van der Waals surface area contributed by atoms with Crippen LogP contribution in [0.5, 0.6) is 0 Å². The van der Waals surface area contributed by atoms with E-state index in [1.165, 1.54) is 0 Å². The predicted molar refractivity (Wildman–Crippen MR) is 43.8 cm³/mol. The maximum atomic E-state index is 13.1. The summed E-state index contributed by atoms with van der Waals surface area (Å²) in [4.78, 5) is 0. The highest BCUT2D eigenvalue weighted by Crippen LogP contribution is 2.26. The quantitative estimate of drug-likeness (QED) is 0.757. The van der Waals surface area contributed by atoms with Crippen molar-refractivity contribution in [1.29, 1.82) is 0 Å². The minimum absolute atomic E-state index is 0.0303. The lowest BCUT2D eigenvalue weighted by molar-refractivity contribution is 0.305. The van der Waals surface area contributed by atoms with Crippen molar-refractivity contribution in [2.24, 2.45) is 5.73 Å². The van der Waals surface area contributed by atoms with Gasteiger partial charge in [0.2, 0.25) is 0 Å². The van der Waals surface area contributed by atoms with Crippen molar-refractivity contribution < 1.29 is 17.6 Å². The molecule has 1 rings (SSSR count). The third-order valence-corrected chi connectivity index (χ3v) is 1.78. The third-order valence-electron chi connectivity index (χ3n) is 1.78. The van der Waals surface area contributed by atoms with E-state index in [4.69, 9.17) is 5.73 Å².